The van der Waals surface area contributed by atoms with E-state index in [0.717, 1.165) is 33.1 Å². The van der Waals surface area contributed by atoms with Crippen molar-refractivity contribution in [3.05, 3.63) is 47.7 Å². The second-order valence-corrected chi connectivity index (χ2v) is 20.4. The maximum atomic E-state index is 14.4. The normalized spacial score (nSPS) is 17.0. The molecule has 6 amide bonds. The SMILES string of the molecule is CN[C@H](C(=O)NC(C(=O)N(C)[C@H](/C=C(\C)C(=O)N[C@@H](CCCCNC(=O)CCCN1C(=O)CC(SC[C@H](N)C(=O)O)C1=O)C(=O)O)C(C)C)C(C)(C)C)C(C)(C)c1cn(C)c2ccccc12. The summed E-state index contributed by atoms with van der Waals surface area (Å²) in [5.74, 6) is -5.04. The zero-order chi connectivity index (χ0) is 49.8. The van der Waals surface area contributed by atoms with Gasteiger partial charge < -0.3 is 46.7 Å². The molecule has 2 aromatic rings. The molecule has 18 nitrogen and oxygen atoms in total. The Morgan fingerprint density at radius 1 is 0.970 bits per heavy atom. The van der Waals surface area contributed by atoms with Crippen LogP contribution in [0.3, 0.4) is 0 Å². The third kappa shape index (κ3) is 14.4. The first-order chi connectivity index (χ1) is 30.7. The number of nitrogens with zero attached hydrogens (tertiary/aromatic N) is 3. The third-order valence-corrected chi connectivity index (χ3v) is 13.5. The van der Waals surface area contributed by atoms with Crippen LogP contribution in [0.15, 0.2) is 42.1 Å². The van der Waals surface area contributed by atoms with Crippen LogP contribution in [0.1, 0.15) is 99.5 Å². The number of nitrogens with one attached hydrogen (secondary N) is 4. The Balaban J connectivity index is 1.56. The maximum absolute atomic E-state index is 14.4. The highest BCUT2D eigenvalue weighted by Crippen LogP contribution is 2.35. The number of aliphatic carboxylic acids is 2. The lowest BCUT2D eigenvalue weighted by atomic mass is 9.76. The molecule has 2 unspecified atom stereocenters. The van der Waals surface area contributed by atoms with E-state index in [9.17, 15) is 43.5 Å². The molecule has 0 spiro atoms. The van der Waals surface area contributed by atoms with Gasteiger partial charge in [-0.2, -0.15) is 0 Å². The van der Waals surface area contributed by atoms with Gasteiger partial charge in [0, 0.05) is 73.9 Å². The van der Waals surface area contributed by atoms with Gasteiger partial charge in [0.15, 0.2) is 0 Å². The number of unbranched alkanes of at least 4 members (excludes halogenated alkanes) is 1. The predicted molar refractivity (Wildman–Crippen MR) is 254 cm³/mol. The fourth-order valence-electron chi connectivity index (χ4n) is 8.16. The smallest absolute Gasteiger partial charge is 0.326 e. The van der Waals surface area contributed by atoms with E-state index in [-0.39, 0.29) is 73.7 Å². The van der Waals surface area contributed by atoms with Gasteiger partial charge in [-0.25, -0.2) is 4.79 Å². The average molecular weight is 941 g/mol. The summed E-state index contributed by atoms with van der Waals surface area (Å²) in [5, 5.41) is 30.8. The van der Waals surface area contributed by atoms with Crippen LogP contribution in [0.5, 0.6) is 0 Å². The molecule has 1 aliphatic heterocycles. The molecule has 366 valence electrons. The number of carboxylic acid groups (broad SMARTS) is 2. The summed E-state index contributed by atoms with van der Waals surface area (Å²) in [5.41, 5.74) is 6.34. The van der Waals surface area contributed by atoms with Crippen molar-refractivity contribution < 1.29 is 48.6 Å². The van der Waals surface area contributed by atoms with Gasteiger partial charge in [0.25, 0.3) is 0 Å². The molecular formula is C47H72N8O10S. The number of aryl methyl sites for hydroxylation is 1. The number of hydrogen-bond acceptors (Lipinski definition) is 11. The number of likely N-dealkylation sites (tertiary alicyclic amines) is 1. The average Bonchev–Trinajstić information content (AvgIpc) is 3.72. The number of carboxylic acids is 2. The van der Waals surface area contributed by atoms with Crippen LogP contribution in [0.25, 0.3) is 10.9 Å². The molecule has 0 saturated carbocycles. The van der Waals surface area contributed by atoms with Crippen LogP contribution in [0, 0.1) is 11.3 Å². The number of imide groups is 1. The molecule has 2 heterocycles. The number of carbonyl (C=O) groups is 8. The Labute approximate surface area is 392 Å². The molecule has 0 bridgehead atoms. The minimum absolute atomic E-state index is 0.0136. The van der Waals surface area contributed by atoms with Crippen LogP contribution in [-0.2, 0) is 50.8 Å². The third-order valence-electron chi connectivity index (χ3n) is 12.1. The molecule has 8 N–H and O–H groups in total. The first-order valence-electron chi connectivity index (χ1n) is 22.5. The van der Waals surface area contributed by atoms with Gasteiger partial charge in [-0.3, -0.25) is 38.5 Å². The van der Waals surface area contributed by atoms with E-state index in [1.165, 1.54) is 4.90 Å². The number of likely N-dealkylation sites (N-methyl/N-ethyl adjacent to an activating group) is 2. The van der Waals surface area contributed by atoms with Gasteiger partial charge in [0.1, 0.15) is 18.1 Å². The number of fused-ring (bicyclic) bond motifs is 1. The Bertz CT molecular complexity index is 2130. The van der Waals surface area contributed by atoms with Gasteiger partial charge >= 0.3 is 11.9 Å². The lowest BCUT2D eigenvalue weighted by molar-refractivity contribution is -0.141. The molecule has 1 fully saturated rings. The zero-order valence-corrected chi connectivity index (χ0v) is 41.2. The monoisotopic (exact) mass is 941 g/mol. The molecular weight excluding hydrogens is 869 g/mol. The molecule has 0 radical (unpaired) electrons. The first kappa shape index (κ1) is 55.1. The molecule has 3 rings (SSSR count). The number of nitrogens with two attached hydrogens (primary N) is 1. The quantitative estimate of drug-likeness (QED) is 0.0430. The van der Waals surface area contributed by atoms with Crippen molar-refractivity contribution in [2.75, 3.05) is 32.9 Å². The number of aromatic nitrogens is 1. The lowest BCUT2D eigenvalue weighted by Gasteiger charge is -2.39. The fraction of sp³-hybridized carbons (Fsp3) is 0.617. The van der Waals surface area contributed by atoms with E-state index in [0.29, 0.717) is 12.8 Å². The first-order valence-corrected chi connectivity index (χ1v) is 23.5. The van der Waals surface area contributed by atoms with Crippen molar-refractivity contribution in [3.63, 3.8) is 0 Å². The van der Waals surface area contributed by atoms with Gasteiger partial charge in [-0.15, -0.1) is 11.8 Å². The highest BCUT2D eigenvalue weighted by molar-refractivity contribution is 8.00. The van der Waals surface area contributed by atoms with Crippen molar-refractivity contribution >= 4 is 70.0 Å². The number of rotatable bonds is 25. The molecule has 1 saturated heterocycles. The lowest BCUT2D eigenvalue weighted by Crippen LogP contribution is -2.61. The summed E-state index contributed by atoms with van der Waals surface area (Å²) in [6, 6.07) is 3.38. The van der Waals surface area contributed by atoms with Gasteiger partial charge in [0.2, 0.25) is 35.4 Å². The Kier molecular flexibility index (Phi) is 20.0. The summed E-state index contributed by atoms with van der Waals surface area (Å²) >= 11 is 1.02. The van der Waals surface area contributed by atoms with Crippen LogP contribution < -0.4 is 27.0 Å². The number of hydrogen-bond donors (Lipinski definition) is 7. The maximum Gasteiger partial charge on any atom is 0.326 e. The highest BCUT2D eigenvalue weighted by Gasteiger charge is 2.43. The van der Waals surface area contributed by atoms with E-state index in [1.54, 1.807) is 27.1 Å². The van der Waals surface area contributed by atoms with E-state index in [1.807, 2.05) is 90.5 Å². The van der Waals surface area contributed by atoms with Crippen LogP contribution >= 0.6 is 11.8 Å². The van der Waals surface area contributed by atoms with Crippen molar-refractivity contribution in [1.29, 1.82) is 0 Å². The summed E-state index contributed by atoms with van der Waals surface area (Å²) in [6.07, 6.45) is 4.76. The summed E-state index contributed by atoms with van der Waals surface area (Å²) in [6.45, 7) is 15.3. The Hall–Kier alpha value is -5.27. The number of amides is 6. The van der Waals surface area contributed by atoms with Crippen molar-refractivity contribution in [2.45, 2.75) is 135 Å². The molecule has 66 heavy (non-hydrogen) atoms. The van der Waals surface area contributed by atoms with Crippen LogP contribution in [-0.4, -0.2) is 140 Å². The zero-order valence-electron chi connectivity index (χ0n) is 40.4. The van der Waals surface area contributed by atoms with E-state index >= 15 is 0 Å². The van der Waals surface area contributed by atoms with E-state index in [2.05, 4.69) is 21.3 Å². The van der Waals surface area contributed by atoms with E-state index < -0.39 is 75.9 Å². The van der Waals surface area contributed by atoms with Crippen molar-refractivity contribution in [3.8, 4) is 0 Å². The van der Waals surface area contributed by atoms with Gasteiger partial charge in [-0.1, -0.05) is 72.7 Å². The molecule has 1 aromatic carbocycles. The van der Waals surface area contributed by atoms with Crippen LogP contribution in [0.4, 0.5) is 0 Å². The summed E-state index contributed by atoms with van der Waals surface area (Å²) in [7, 11) is 5.32. The summed E-state index contributed by atoms with van der Waals surface area (Å²) in [4.78, 5) is 105. The minimum atomic E-state index is -1.23. The topological polar surface area (TPSA) is 263 Å². The molecule has 1 aliphatic rings. The molecule has 6 atom stereocenters. The number of thioether (sulfide) groups is 1. The molecule has 19 heteroatoms. The standard InChI is InChI=1S/C47H72N8O10S/c1-27(2)34(54(11)43(61)39(46(4,5)6)52-41(59)38(49-9)47(7,8)30-25-53(10)33-19-13-12-17-29(30)33)23-28(3)40(58)51-32(45(64)65)18-14-15-21-50-36(56)20-16-22-55-37(57)24-35(42(55)60)66-26-31(48)44(62)63/h12-13,17,19,23,25,27,31-32,34-35,38-39,49H,14-16,18,20-22,24,26,48H2,1-11H3,(H,50,56)(H,51,58)(H,52,59)(H,62,63)(H,64,65)/b28-23+/t31-,32-,34+,35?,38+,39?/m0/s1. The van der Waals surface area contributed by atoms with Crippen molar-refractivity contribution in [2.24, 2.45) is 24.1 Å². The van der Waals surface area contributed by atoms with Gasteiger partial charge in [0.05, 0.1) is 17.3 Å². The second kappa shape index (κ2) is 24.0. The predicted octanol–water partition coefficient (Wildman–Crippen LogP) is 2.91. The Morgan fingerprint density at radius 3 is 2.21 bits per heavy atom. The molecule has 0 aliphatic carbocycles. The number of para-hydroxylation sites is 1. The van der Waals surface area contributed by atoms with Crippen LogP contribution in [0.2, 0.25) is 0 Å². The fourth-order valence-corrected chi connectivity index (χ4v) is 9.28. The summed E-state index contributed by atoms with van der Waals surface area (Å²) < 4.78 is 2.03. The number of benzene rings is 1. The van der Waals surface area contributed by atoms with Crippen molar-refractivity contribution in [1.82, 2.24) is 35.6 Å². The Morgan fingerprint density at radius 2 is 1.62 bits per heavy atom. The highest BCUT2D eigenvalue weighted by atomic mass is 32.2. The second-order valence-electron chi connectivity index (χ2n) is 19.1. The largest absolute Gasteiger partial charge is 0.480 e. The molecule has 1 aromatic heterocycles. The minimum Gasteiger partial charge on any atom is -0.480 e. The number of carbonyl (C=O) groups excluding carboxylic acids is 6. The van der Waals surface area contributed by atoms with E-state index in [4.69, 9.17) is 10.8 Å². The van der Waals surface area contributed by atoms with Gasteiger partial charge in [-0.05, 0) is 62.6 Å².